The van der Waals surface area contributed by atoms with Gasteiger partial charge in [-0.25, -0.2) is 0 Å². The van der Waals surface area contributed by atoms with Gasteiger partial charge in [0.05, 0.1) is 7.11 Å². The van der Waals surface area contributed by atoms with Crippen LogP contribution in [-0.4, -0.2) is 13.5 Å². The van der Waals surface area contributed by atoms with E-state index in [2.05, 4.69) is 5.32 Å². The van der Waals surface area contributed by atoms with Crippen molar-refractivity contribution < 1.29 is 42.2 Å². The van der Waals surface area contributed by atoms with Gasteiger partial charge in [0.2, 0.25) is 0 Å². The molecule has 1 aromatic carbocycles. The summed E-state index contributed by atoms with van der Waals surface area (Å²) in [5.74, 6) is 0.814. The summed E-state index contributed by atoms with van der Waals surface area (Å²) in [5.41, 5.74) is 1.03. The summed E-state index contributed by atoms with van der Waals surface area (Å²) < 4.78 is 4.98. The largest absolute Gasteiger partial charge is 0.526 e. The maximum Gasteiger partial charge on any atom is 0.118 e. The zero-order valence-electron chi connectivity index (χ0n) is 7.41. The zero-order valence-corrected chi connectivity index (χ0v) is 10.2. The molecule has 1 amide bonds. The van der Waals surface area contributed by atoms with Gasteiger partial charge in [-0.1, -0.05) is 12.1 Å². The van der Waals surface area contributed by atoms with Crippen LogP contribution in [0.2, 0.25) is 0 Å². The Kier molecular flexibility index (Phi) is 6.82. The first-order valence-corrected chi connectivity index (χ1v) is 3.59. The average Bonchev–Trinajstić information content (AvgIpc) is 2.15. The summed E-state index contributed by atoms with van der Waals surface area (Å²) >= 11 is 0. The van der Waals surface area contributed by atoms with Gasteiger partial charge in [-0.15, -0.1) is 0 Å². The minimum atomic E-state index is 0. The standard InChI is InChI=1S/C9H10NO2.Y/c1-12-9-4-2-8(3-5-9)6-10-7-11;/h2-5H,6H2,1H3,(H,10,11);/q-1;. The van der Waals surface area contributed by atoms with E-state index < -0.39 is 0 Å². The Morgan fingerprint density at radius 3 is 2.46 bits per heavy atom. The Morgan fingerprint density at radius 1 is 1.38 bits per heavy atom. The Labute approximate surface area is 103 Å². The predicted octanol–water partition coefficient (Wildman–Crippen LogP) is 0.849. The normalized spacial score (nSPS) is 8.38. The molecule has 4 heteroatoms. The van der Waals surface area contributed by atoms with Crippen LogP contribution < -0.4 is 10.1 Å². The van der Waals surface area contributed by atoms with Crippen LogP contribution in [0.4, 0.5) is 0 Å². The number of rotatable bonds is 4. The number of benzene rings is 1. The zero-order chi connectivity index (χ0) is 8.81. The summed E-state index contributed by atoms with van der Waals surface area (Å²) in [6, 6.07) is 7.48. The summed E-state index contributed by atoms with van der Waals surface area (Å²) in [6.07, 6.45) is 1.61. The molecule has 0 saturated heterocycles. The van der Waals surface area contributed by atoms with Gasteiger partial charge < -0.3 is 14.8 Å². The number of nitrogens with one attached hydrogen (secondary N) is 1. The van der Waals surface area contributed by atoms with Crippen molar-refractivity contribution in [2.24, 2.45) is 0 Å². The van der Waals surface area contributed by atoms with Crippen LogP contribution in [0.3, 0.4) is 0 Å². The quantitative estimate of drug-likeness (QED) is 0.638. The van der Waals surface area contributed by atoms with Crippen molar-refractivity contribution in [2.45, 2.75) is 6.54 Å². The van der Waals surface area contributed by atoms with Crippen LogP contribution in [0.15, 0.2) is 24.3 Å². The molecule has 0 aliphatic rings. The number of amides is 1. The molecule has 0 aliphatic heterocycles. The minimum absolute atomic E-state index is 0. The van der Waals surface area contributed by atoms with Gasteiger partial charge in [0, 0.05) is 39.3 Å². The molecule has 13 heavy (non-hydrogen) atoms. The van der Waals surface area contributed by atoms with E-state index in [0.717, 1.165) is 11.3 Å². The van der Waals surface area contributed by atoms with Crippen molar-refractivity contribution in [1.29, 1.82) is 0 Å². The van der Waals surface area contributed by atoms with Crippen molar-refractivity contribution in [3.63, 3.8) is 0 Å². The van der Waals surface area contributed by atoms with Crippen molar-refractivity contribution >= 4 is 6.41 Å². The van der Waals surface area contributed by atoms with Gasteiger partial charge in [-0.05, 0) is 17.7 Å². The van der Waals surface area contributed by atoms with Crippen LogP contribution in [0.5, 0.6) is 5.75 Å². The Hall–Kier alpha value is -0.406. The van der Waals surface area contributed by atoms with E-state index >= 15 is 0 Å². The van der Waals surface area contributed by atoms with Crippen LogP contribution in [0.25, 0.3) is 0 Å². The molecule has 0 unspecified atom stereocenters. The van der Waals surface area contributed by atoms with Crippen LogP contribution in [0.1, 0.15) is 5.56 Å². The van der Waals surface area contributed by atoms with E-state index in [1.165, 1.54) is 0 Å². The first-order valence-electron chi connectivity index (χ1n) is 3.59. The third kappa shape index (κ3) is 4.39. The molecule has 0 fully saturated rings. The van der Waals surface area contributed by atoms with Crippen LogP contribution in [-0.2, 0) is 44.0 Å². The molecule has 0 spiro atoms. The molecular formula is C9H10NO2Y-. The van der Waals surface area contributed by atoms with Gasteiger partial charge >= 0.3 is 0 Å². The van der Waals surface area contributed by atoms with Gasteiger partial charge in [0.1, 0.15) is 5.75 Å². The second-order valence-corrected chi connectivity index (χ2v) is 2.30. The summed E-state index contributed by atoms with van der Waals surface area (Å²) in [6.45, 7) is 0.507. The first-order chi connectivity index (χ1) is 5.86. The molecule has 0 aromatic heterocycles. The average molecular weight is 253 g/mol. The van der Waals surface area contributed by atoms with Crippen molar-refractivity contribution in [1.82, 2.24) is 5.32 Å². The monoisotopic (exact) mass is 253 g/mol. The molecule has 1 N–H and O–H groups in total. The molecule has 0 heterocycles. The molecule has 0 saturated carbocycles. The first kappa shape index (κ1) is 12.6. The second kappa shape index (κ2) is 7.04. The van der Waals surface area contributed by atoms with E-state index in [-0.39, 0.29) is 32.7 Å². The number of methoxy groups -OCH3 is 1. The minimum Gasteiger partial charge on any atom is -0.526 e. The number of ether oxygens (including phenoxy) is 1. The Morgan fingerprint density at radius 2 is 2.00 bits per heavy atom. The molecule has 0 bridgehead atoms. The number of carbonyl (C=O) groups excluding carboxylic acids is 1. The summed E-state index contributed by atoms with van der Waals surface area (Å²) in [4.78, 5) is 9.84. The van der Waals surface area contributed by atoms with E-state index in [1.807, 2.05) is 24.3 Å². The van der Waals surface area contributed by atoms with Crippen molar-refractivity contribution in [3.8, 4) is 5.75 Å². The maximum absolute atomic E-state index is 9.84. The fourth-order valence-corrected chi connectivity index (χ4v) is 0.882. The number of hydrogen-bond donors (Lipinski definition) is 1. The molecular weight excluding hydrogens is 243 g/mol. The summed E-state index contributed by atoms with van der Waals surface area (Å²) in [7, 11) is 1.62. The van der Waals surface area contributed by atoms with E-state index in [9.17, 15) is 4.79 Å². The summed E-state index contributed by atoms with van der Waals surface area (Å²) in [5, 5.41) is 2.46. The topological polar surface area (TPSA) is 38.3 Å². The van der Waals surface area contributed by atoms with Gasteiger partial charge in [-0.2, -0.15) is 6.41 Å². The van der Waals surface area contributed by atoms with E-state index in [0.29, 0.717) is 6.54 Å². The van der Waals surface area contributed by atoms with Gasteiger partial charge in [0.25, 0.3) is 0 Å². The molecule has 0 atom stereocenters. The SMILES string of the molecule is COc1ccc(CN[C-]=O)cc1.[Y]. The van der Waals surface area contributed by atoms with Crippen molar-refractivity contribution in [3.05, 3.63) is 29.8 Å². The predicted molar refractivity (Wildman–Crippen MR) is 45.5 cm³/mol. The smallest absolute Gasteiger partial charge is 0.118 e. The molecule has 0 aliphatic carbocycles. The van der Waals surface area contributed by atoms with Crippen LogP contribution in [0, 0.1) is 0 Å². The molecule has 1 rings (SSSR count). The second-order valence-electron chi connectivity index (χ2n) is 2.30. The Balaban J connectivity index is 0.00000144. The van der Waals surface area contributed by atoms with Crippen molar-refractivity contribution in [2.75, 3.05) is 7.11 Å². The third-order valence-corrected chi connectivity index (χ3v) is 1.52. The molecule has 1 aromatic rings. The molecule has 67 valence electrons. The van der Waals surface area contributed by atoms with Gasteiger partial charge in [-0.3, -0.25) is 0 Å². The van der Waals surface area contributed by atoms with Gasteiger partial charge in [0.15, 0.2) is 0 Å². The fraction of sp³-hybridized carbons (Fsp3) is 0.222. The fourth-order valence-electron chi connectivity index (χ4n) is 0.882. The number of hydrogen-bond acceptors (Lipinski definition) is 2. The Bertz CT molecular complexity index is 248. The van der Waals surface area contributed by atoms with Crippen LogP contribution >= 0.6 is 0 Å². The molecule has 1 radical (unpaired) electrons. The van der Waals surface area contributed by atoms with E-state index in [4.69, 9.17) is 4.74 Å². The molecule has 3 nitrogen and oxygen atoms in total. The maximum atomic E-state index is 9.84. The third-order valence-electron chi connectivity index (χ3n) is 1.52. The van der Waals surface area contributed by atoms with E-state index in [1.54, 1.807) is 13.5 Å².